The fourth-order valence-corrected chi connectivity index (χ4v) is 7.89. The summed E-state index contributed by atoms with van der Waals surface area (Å²) in [6.45, 7) is 0. The number of thiophene rings is 1. The molecule has 7 aromatic carbocycles. The minimum Gasteiger partial charge on any atom is -0.310 e. The number of nitrogens with zero attached hydrogens (tertiary/aromatic N) is 2. The summed E-state index contributed by atoms with van der Waals surface area (Å²) in [6, 6.07) is 57.1. The van der Waals surface area contributed by atoms with Gasteiger partial charge < -0.3 is 9.47 Å². The van der Waals surface area contributed by atoms with Crippen LogP contribution < -0.4 is 4.90 Å². The third kappa shape index (κ3) is 3.72. The van der Waals surface area contributed by atoms with E-state index in [0.29, 0.717) is 0 Å². The first kappa shape index (κ1) is 24.2. The van der Waals surface area contributed by atoms with Crippen molar-refractivity contribution in [2.75, 3.05) is 4.90 Å². The predicted octanol–water partition coefficient (Wildman–Crippen LogP) is 11.8. The van der Waals surface area contributed by atoms with Crippen molar-refractivity contribution in [2.24, 2.45) is 0 Å². The molecule has 0 bridgehead atoms. The molecule has 0 aliphatic carbocycles. The normalized spacial score (nSPS) is 11.7. The van der Waals surface area contributed by atoms with E-state index >= 15 is 0 Å². The Bertz CT molecular complexity index is 2450. The molecule has 0 fully saturated rings. The molecule has 43 heavy (non-hydrogen) atoms. The molecule has 0 N–H and O–H groups in total. The average molecular weight is 567 g/mol. The summed E-state index contributed by atoms with van der Waals surface area (Å²) in [5.41, 5.74) is 7.00. The van der Waals surface area contributed by atoms with Crippen molar-refractivity contribution in [3.8, 4) is 5.69 Å². The van der Waals surface area contributed by atoms with E-state index in [1.54, 1.807) is 0 Å². The van der Waals surface area contributed by atoms with Gasteiger partial charge in [0.2, 0.25) is 0 Å². The number of para-hydroxylation sites is 3. The number of benzene rings is 7. The Kier molecular flexibility index (Phi) is 5.40. The largest absolute Gasteiger partial charge is 0.310 e. The van der Waals surface area contributed by atoms with Crippen molar-refractivity contribution in [2.45, 2.75) is 0 Å². The summed E-state index contributed by atoms with van der Waals surface area (Å²) < 4.78 is 5.05. The number of rotatable bonds is 4. The van der Waals surface area contributed by atoms with E-state index in [-0.39, 0.29) is 0 Å². The molecule has 0 spiro atoms. The van der Waals surface area contributed by atoms with E-state index in [0.717, 1.165) is 17.1 Å². The molecule has 9 aromatic rings. The molecule has 0 atom stereocenters. The fourth-order valence-electron chi connectivity index (χ4n) is 6.67. The summed E-state index contributed by atoms with van der Waals surface area (Å²) >= 11 is 1.89. The molecule has 2 nitrogen and oxygen atoms in total. The lowest BCUT2D eigenvalue weighted by atomic mass is 10.0. The van der Waals surface area contributed by atoms with E-state index in [1.165, 1.54) is 58.4 Å². The maximum Gasteiger partial charge on any atom is 0.0561 e. The highest BCUT2D eigenvalue weighted by atomic mass is 32.1. The van der Waals surface area contributed by atoms with Crippen LogP contribution in [0.3, 0.4) is 0 Å². The second-order valence-electron chi connectivity index (χ2n) is 11.0. The van der Waals surface area contributed by atoms with Crippen molar-refractivity contribution < 1.29 is 0 Å². The predicted molar refractivity (Wildman–Crippen MR) is 186 cm³/mol. The minimum absolute atomic E-state index is 1.13. The van der Waals surface area contributed by atoms with E-state index in [9.17, 15) is 0 Å². The van der Waals surface area contributed by atoms with Crippen LogP contribution in [0, 0.1) is 0 Å². The third-order valence-electron chi connectivity index (χ3n) is 8.55. The van der Waals surface area contributed by atoms with E-state index in [4.69, 9.17) is 0 Å². The Morgan fingerprint density at radius 3 is 1.86 bits per heavy atom. The topological polar surface area (TPSA) is 8.17 Å². The van der Waals surface area contributed by atoms with Crippen LogP contribution in [0.1, 0.15) is 0 Å². The first-order chi connectivity index (χ1) is 21.3. The molecule has 0 saturated carbocycles. The van der Waals surface area contributed by atoms with Crippen LogP contribution in [-0.2, 0) is 0 Å². The highest BCUT2D eigenvalue weighted by Gasteiger charge is 2.21. The van der Waals surface area contributed by atoms with Crippen LogP contribution in [0.15, 0.2) is 158 Å². The van der Waals surface area contributed by atoms with Crippen molar-refractivity contribution in [1.82, 2.24) is 4.57 Å². The Labute approximate surface area is 253 Å². The number of hydrogen-bond acceptors (Lipinski definition) is 2. The fraction of sp³-hybridized carbons (Fsp3) is 0. The molecule has 3 heteroatoms. The lowest BCUT2D eigenvalue weighted by Crippen LogP contribution is -2.10. The second kappa shape index (κ2) is 9.59. The molecule has 9 rings (SSSR count). The monoisotopic (exact) mass is 566 g/mol. The van der Waals surface area contributed by atoms with Crippen LogP contribution in [0.5, 0.6) is 0 Å². The number of aromatic nitrogens is 1. The standard InChI is InChI=1S/C40H26N2S/c1-3-13-27(14-4-1)41(38-26-35-33-19-10-12-22-39(33)43-40(35)34-20-8-7-18-31(34)38)29-23-24-32-30-17-9-11-21-36(30)42(37(32)25-29)28-15-5-2-6-16-28/h1-26H. The van der Waals surface area contributed by atoms with E-state index in [1.807, 2.05) is 11.3 Å². The maximum atomic E-state index is 2.43. The zero-order valence-corrected chi connectivity index (χ0v) is 24.1. The molecular weight excluding hydrogens is 541 g/mol. The van der Waals surface area contributed by atoms with Gasteiger partial charge in [-0.3, -0.25) is 0 Å². The quantitative estimate of drug-likeness (QED) is 0.206. The Morgan fingerprint density at radius 2 is 1.05 bits per heavy atom. The van der Waals surface area contributed by atoms with E-state index < -0.39 is 0 Å². The van der Waals surface area contributed by atoms with Gasteiger partial charge in [0.1, 0.15) is 0 Å². The molecule has 2 aromatic heterocycles. The molecule has 2 heterocycles. The zero-order chi connectivity index (χ0) is 28.3. The third-order valence-corrected chi connectivity index (χ3v) is 9.77. The smallest absolute Gasteiger partial charge is 0.0561 e. The van der Waals surface area contributed by atoms with Gasteiger partial charge in [0.05, 0.1) is 16.7 Å². The summed E-state index contributed by atoms with van der Waals surface area (Å²) in [6.07, 6.45) is 0. The first-order valence-corrected chi connectivity index (χ1v) is 15.4. The summed E-state index contributed by atoms with van der Waals surface area (Å²) in [5, 5.41) is 7.65. The molecule has 0 unspecified atom stereocenters. The Balaban J connectivity index is 1.38. The van der Waals surface area contributed by atoms with Crippen molar-refractivity contribution in [1.29, 1.82) is 0 Å². The lowest BCUT2D eigenvalue weighted by Gasteiger charge is -2.27. The molecule has 0 aliphatic heterocycles. The minimum atomic E-state index is 1.13. The van der Waals surface area contributed by atoms with Crippen molar-refractivity contribution >= 4 is 81.1 Å². The average Bonchev–Trinajstić information content (AvgIpc) is 3.61. The molecule has 0 radical (unpaired) electrons. The summed E-state index contributed by atoms with van der Waals surface area (Å²) in [7, 11) is 0. The van der Waals surface area contributed by atoms with Gasteiger partial charge in [-0.15, -0.1) is 11.3 Å². The van der Waals surface area contributed by atoms with Crippen molar-refractivity contribution in [3.63, 3.8) is 0 Å². The summed E-state index contributed by atoms with van der Waals surface area (Å²) in [4.78, 5) is 2.43. The highest BCUT2D eigenvalue weighted by molar-refractivity contribution is 7.26. The van der Waals surface area contributed by atoms with Crippen LogP contribution in [0.2, 0.25) is 0 Å². The first-order valence-electron chi connectivity index (χ1n) is 14.6. The lowest BCUT2D eigenvalue weighted by molar-refractivity contribution is 1.18. The molecule has 0 saturated heterocycles. The highest BCUT2D eigenvalue weighted by Crippen LogP contribution is 2.47. The molecular formula is C40H26N2S. The number of fused-ring (bicyclic) bond motifs is 8. The van der Waals surface area contributed by atoms with Crippen LogP contribution in [-0.4, -0.2) is 4.57 Å². The van der Waals surface area contributed by atoms with E-state index in [2.05, 4.69) is 167 Å². The van der Waals surface area contributed by atoms with Gasteiger partial charge in [0, 0.05) is 58.8 Å². The Morgan fingerprint density at radius 1 is 0.419 bits per heavy atom. The van der Waals surface area contributed by atoms with Gasteiger partial charge in [-0.25, -0.2) is 0 Å². The SMILES string of the molecule is c1ccc(N(c2ccc3c4ccccc4n(-c4ccccc4)c3c2)c2cc3c4ccccc4sc3c3ccccc23)cc1. The van der Waals surface area contributed by atoms with Crippen molar-refractivity contribution in [3.05, 3.63) is 158 Å². The van der Waals surface area contributed by atoms with Gasteiger partial charge >= 0.3 is 0 Å². The van der Waals surface area contributed by atoms with Crippen LogP contribution in [0.25, 0.3) is 58.4 Å². The van der Waals surface area contributed by atoms with Crippen LogP contribution in [0.4, 0.5) is 17.1 Å². The van der Waals surface area contributed by atoms with Crippen LogP contribution >= 0.6 is 11.3 Å². The molecule has 0 amide bonds. The van der Waals surface area contributed by atoms with Gasteiger partial charge in [-0.05, 0) is 54.6 Å². The molecule has 0 aliphatic rings. The Hall–Kier alpha value is -5.38. The van der Waals surface area contributed by atoms with Gasteiger partial charge in [-0.2, -0.15) is 0 Å². The summed E-state index contributed by atoms with van der Waals surface area (Å²) in [5.74, 6) is 0. The second-order valence-corrected chi connectivity index (χ2v) is 12.0. The number of hydrogen-bond donors (Lipinski definition) is 0. The maximum absolute atomic E-state index is 2.43. The molecule has 202 valence electrons. The zero-order valence-electron chi connectivity index (χ0n) is 23.3. The van der Waals surface area contributed by atoms with Gasteiger partial charge in [0.15, 0.2) is 0 Å². The number of anilines is 3. The van der Waals surface area contributed by atoms with Gasteiger partial charge in [-0.1, -0.05) is 103 Å². The van der Waals surface area contributed by atoms with Gasteiger partial charge in [0.25, 0.3) is 0 Å².